The van der Waals surface area contributed by atoms with Gasteiger partial charge in [-0.15, -0.1) is 0 Å². The molecular weight excluding hydrogens is 196 g/mol. The molecule has 0 atom stereocenters. The van der Waals surface area contributed by atoms with Gasteiger partial charge < -0.3 is 4.74 Å². The van der Waals surface area contributed by atoms with Crippen LogP contribution >= 0.6 is 0 Å². The first-order valence-electron chi connectivity index (χ1n) is 6.71. The maximum absolute atomic E-state index is 6.20. The summed E-state index contributed by atoms with van der Waals surface area (Å²) in [6, 6.07) is 6.58. The van der Waals surface area contributed by atoms with E-state index in [9.17, 15) is 0 Å². The SMILES string of the molecule is c1cc2c(c(OC3CCCCC3)c1)CCC2. The number of hydrogen-bond acceptors (Lipinski definition) is 1. The zero-order valence-corrected chi connectivity index (χ0v) is 9.87. The number of rotatable bonds is 2. The van der Waals surface area contributed by atoms with Crippen molar-refractivity contribution in [2.24, 2.45) is 0 Å². The standard InChI is InChI=1S/C15H20O/c1-2-8-13(9-3-1)16-15-11-5-7-12-6-4-10-14(12)15/h5,7,11,13H,1-4,6,8-10H2. The highest BCUT2D eigenvalue weighted by molar-refractivity contribution is 5.43. The summed E-state index contributed by atoms with van der Waals surface area (Å²) in [7, 11) is 0. The van der Waals surface area contributed by atoms with Gasteiger partial charge in [0.2, 0.25) is 0 Å². The molecule has 1 aromatic carbocycles. The summed E-state index contributed by atoms with van der Waals surface area (Å²) in [5, 5.41) is 0. The Morgan fingerprint density at radius 2 is 1.81 bits per heavy atom. The number of ether oxygens (including phenoxy) is 1. The van der Waals surface area contributed by atoms with Crippen molar-refractivity contribution < 1.29 is 4.74 Å². The van der Waals surface area contributed by atoms with Crippen molar-refractivity contribution in [1.82, 2.24) is 0 Å². The fraction of sp³-hybridized carbons (Fsp3) is 0.600. The largest absolute Gasteiger partial charge is 0.490 e. The molecule has 2 aliphatic carbocycles. The van der Waals surface area contributed by atoms with Crippen molar-refractivity contribution >= 4 is 0 Å². The van der Waals surface area contributed by atoms with E-state index in [0.717, 1.165) is 0 Å². The molecule has 1 nitrogen and oxygen atoms in total. The third-order valence-electron chi connectivity index (χ3n) is 3.95. The molecule has 0 heterocycles. The van der Waals surface area contributed by atoms with Gasteiger partial charge in [0.05, 0.1) is 6.10 Å². The number of benzene rings is 1. The van der Waals surface area contributed by atoms with Gasteiger partial charge in [0.1, 0.15) is 5.75 Å². The Morgan fingerprint density at radius 1 is 0.938 bits per heavy atom. The lowest BCUT2D eigenvalue weighted by molar-refractivity contribution is 0.153. The van der Waals surface area contributed by atoms with Crippen LogP contribution in [-0.2, 0) is 12.8 Å². The molecule has 0 N–H and O–H groups in total. The van der Waals surface area contributed by atoms with Crippen molar-refractivity contribution in [2.45, 2.75) is 57.5 Å². The molecule has 0 saturated heterocycles. The van der Waals surface area contributed by atoms with Crippen LogP contribution in [0.5, 0.6) is 5.75 Å². The van der Waals surface area contributed by atoms with Gasteiger partial charge in [0.25, 0.3) is 0 Å². The Kier molecular flexibility index (Phi) is 2.86. The molecule has 0 bridgehead atoms. The maximum Gasteiger partial charge on any atom is 0.123 e. The van der Waals surface area contributed by atoms with Gasteiger partial charge >= 0.3 is 0 Å². The first-order valence-corrected chi connectivity index (χ1v) is 6.71. The zero-order chi connectivity index (χ0) is 10.8. The smallest absolute Gasteiger partial charge is 0.123 e. The van der Waals surface area contributed by atoms with Crippen LogP contribution in [0.1, 0.15) is 49.7 Å². The zero-order valence-electron chi connectivity index (χ0n) is 9.87. The Balaban J connectivity index is 1.76. The topological polar surface area (TPSA) is 9.23 Å². The number of aryl methyl sites for hydroxylation is 1. The van der Waals surface area contributed by atoms with E-state index < -0.39 is 0 Å². The van der Waals surface area contributed by atoms with Gasteiger partial charge in [-0.05, 0) is 62.1 Å². The number of fused-ring (bicyclic) bond motifs is 1. The third-order valence-corrected chi connectivity index (χ3v) is 3.95. The van der Waals surface area contributed by atoms with Crippen molar-refractivity contribution in [3.8, 4) is 5.75 Å². The molecule has 0 aliphatic heterocycles. The monoisotopic (exact) mass is 216 g/mol. The molecule has 1 saturated carbocycles. The molecule has 0 unspecified atom stereocenters. The minimum atomic E-state index is 0.487. The normalized spacial score (nSPS) is 20.8. The van der Waals surface area contributed by atoms with Crippen molar-refractivity contribution in [3.05, 3.63) is 29.3 Å². The lowest BCUT2D eigenvalue weighted by Crippen LogP contribution is -2.20. The minimum absolute atomic E-state index is 0.487. The lowest BCUT2D eigenvalue weighted by Gasteiger charge is -2.24. The van der Waals surface area contributed by atoms with Gasteiger partial charge in [-0.3, -0.25) is 0 Å². The summed E-state index contributed by atoms with van der Waals surface area (Å²) >= 11 is 0. The first-order chi connectivity index (χ1) is 7.93. The highest BCUT2D eigenvalue weighted by Gasteiger charge is 2.19. The predicted octanol–water partition coefficient (Wildman–Crippen LogP) is 3.89. The van der Waals surface area contributed by atoms with E-state index in [1.807, 2.05) is 0 Å². The van der Waals surface area contributed by atoms with Gasteiger partial charge in [-0.25, -0.2) is 0 Å². The van der Waals surface area contributed by atoms with E-state index in [1.54, 1.807) is 0 Å². The summed E-state index contributed by atoms with van der Waals surface area (Å²) in [5.74, 6) is 1.18. The summed E-state index contributed by atoms with van der Waals surface area (Å²) in [5.41, 5.74) is 3.02. The van der Waals surface area contributed by atoms with Gasteiger partial charge in [-0.2, -0.15) is 0 Å². The van der Waals surface area contributed by atoms with Gasteiger partial charge in [0.15, 0.2) is 0 Å². The fourth-order valence-corrected chi connectivity index (χ4v) is 3.06. The molecule has 1 heteroatoms. The summed E-state index contributed by atoms with van der Waals surface area (Å²) in [6.07, 6.45) is 10.9. The molecule has 16 heavy (non-hydrogen) atoms. The Hall–Kier alpha value is -0.980. The third kappa shape index (κ3) is 1.95. The summed E-state index contributed by atoms with van der Waals surface area (Å²) in [6.45, 7) is 0. The predicted molar refractivity (Wildman–Crippen MR) is 66.0 cm³/mol. The fourth-order valence-electron chi connectivity index (χ4n) is 3.06. The van der Waals surface area contributed by atoms with Crippen LogP contribution in [0.15, 0.2) is 18.2 Å². The second-order valence-electron chi connectivity index (χ2n) is 5.13. The van der Waals surface area contributed by atoms with Crippen LogP contribution in [-0.4, -0.2) is 6.10 Å². The van der Waals surface area contributed by atoms with E-state index >= 15 is 0 Å². The van der Waals surface area contributed by atoms with Crippen LogP contribution in [0.25, 0.3) is 0 Å². The second kappa shape index (κ2) is 4.48. The average Bonchev–Trinajstić information content (AvgIpc) is 2.80. The molecule has 0 amide bonds. The van der Waals surface area contributed by atoms with Crippen molar-refractivity contribution in [3.63, 3.8) is 0 Å². The quantitative estimate of drug-likeness (QED) is 0.728. The molecule has 0 aromatic heterocycles. The van der Waals surface area contributed by atoms with Crippen molar-refractivity contribution in [1.29, 1.82) is 0 Å². The van der Waals surface area contributed by atoms with E-state index in [0.29, 0.717) is 6.10 Å². The van der Waals surface area contributed by atoms with Crippen LogP contribution in [0.3, 0.4) is 0 Å². The minimum Gasteiger partial charge on any atom is -0.490 e. The first kappa shape index (κ1) is 10.2. The van der Waals surface area contributed by atoms with Gasteiger partial charge in [0, 0.05) is 0 Å². The number of hydrogen-bond donors (Lipinski definition) is 0. The lowest BCUT2D eigenvalue weighted by atomic mass is 9.97. The molecule has 86 valence electrons. The molecule has 2 aliphatic rings. The highest BCUT2D eigenvalue weighted by Crippen LogP contribution is 2.32. The van der Waals surface area contributed by atoms with E-state index in [4.69, 9.17) is 4.74 Å². The molecular formula is C15H20O. The van der Waals surface area contributed by atoms with E-state index in [2.05, 4.69) is 18.2 Å². The molecule has 3 rings (SSSR count). The average molecular weight is 216 g/mol. The maximum atomic E-state index is 6.20. The van der Waals surface area contributed by atoms with Crippen molar-refractivity contribution in [2.75, 3.05) is 0 Å². The Bertz CT molecular complexity index is 364. The van der Waals surface area contributed by atoms with Crippen LogP contribution in [0, 0.1) is 0 Å². The van der Waals surface area contributed by atoms with Gasteiger partial charge in [-0.1, -0.05) is 18.6 Å². The summed E-state index contributed by atoms with van der Waals surface area (Å²) in [4.78, 5) is 0. The Morgan fingerprint density at radius 3 is 2.69 bits per heavy atom. The molecule has 0 radical (unpaired) electrons. The van der Waals surface area contributed by atoms with Crippen LogP contribution in [0.4, 0.5) is 0 Å². The van der Waals surface area contributed by atoms with E-state index in [1.165, 1.54) is 68.2 Å². The highest BCUT2D eigenvalue weighted by atomic mass is 16.5. The Labute approximate surface area is 97.8 Å². The molecule has 1 aromatic rings. The molecule has 0 spiro atoms. The summed E-state index contributed by atoms with van der Waals surface area (Å²) < 4.78 is 6.20. The molecule has 1 fully saturated rings. The van der Waals surface area contributed by atoms with Crippen LogP contribution in [0.2, 0.25) is 0 Å². The van der Waals surface area contributed by atoms with Crippen LogP contribution < -0.4 is 4.74 Å². The van der Waals surface area contributed by atoms with E-state index in [-0.39, 0.29) is 0 Å². The second-order valence-corrected chi connectivity index (χ2v) is 5.13.